The van der Waals surface area contributed by atoms with Crippen molar-refractivity contribution >= 4 is 16.0 Å². The molecule has 0 amide bonds. The number of carboxylic acids is 1. The van der Waals surface area contributed by atoms with E-state index in [1.165, 1.54) is 12.1 Å². The van der Waals surface area contributed by atoms with E-state index in [1.807, 2.05) is 0 Å². The molecule has 0 aliphatic heterocycles. The van der Waals surface area contributed by atoms with E-state index in [0.717, 1.165) is 6.20 Å². The molecule has 21 heavy (non-hydrogen) atoms. The summed E-state index contributed by atoms with van der Waals surface area (Å²) in [5, 5.41) is 9.14. The number of ether oxygens (including phenoxy) is 1. The molecule has 1 aromatic heterocycles. The number of rotatable bonds is 8. The molecule has 2 atom stereocenters. The average molecular weight is 316 g/mol. The Labute approximate surface area is 124 Å². The normalized spacial score (nSPS) is 14.4. The molecule has 1 heterocycles. The number of carbonyl (C=O) groups is 1. The highest BCUT2D eigenvalue weighted by atomic mass is 32.2. The number of aliphatic carboxylic acids is 1. The minimum atomic E-state index is -3.94. The van der Waals surface area contributed by atoms with Gasteiger partial charge >= 0.3 is 5.97 Å². The Morgan fingerprint density at radius 1 is 1.43 bits per heavy atom. The van der Waals surface area contributed by atoms with Crippen molar-refractivity contribution in [3.05, 3.63) is 18.3 Å². The molecule has 0 saturated heterocycles. The van der Waals surface area contributed by atoms with Crippen molar-refractivity contribution in [3.63, 3.8) is 0 Å². The Bertz CT molecular complexity index is 571. The lowest BCUT2D eigenvalue weighted by Crippen LogP contribution is -2.44. The molecule has 0 aromatic carbocycles. The first-order valence-electron chi connectivity index (χ1n) is 6.65. The highest BCUT2D eigenvalue weighted by Crippen LogP contribution is 2.15. The summed E-state index contributed by atoms with van der Waals surface area (Å²) in [6, 6.07) is 1.58. The highest BCUT2D eigenvalue weighted by molar-refractivity contribution is 7.89. The van der Waals surface area contributed by atoms with Gasteiger partial charge in [0.15, 0.2) is 0 Å². The monoisotopic (exact) mass is 316 g/mol. The predicted molar refractivity (Wildman–Crippen MR) is 76.6 cm³/mol. The molecule has 2 N–H and O–H groups in total. The number of nitrogens with one attached hydrogen (secondary N) is 1. The molecule has 0 spiro atoms. The molecular weight excluding hydrogens is 296 g/mol. The second kappa shape index (κ2) is 7.37. The van der Waals surface area contributed by atoms with Crippen molar-refractivity contribution in [1.29, 1.82) is 0 Å². The summed E-state index contributed by atoms with van der Waals surface area (Å²) in [5.74, 6) is -1.21. The number of hydrogen-bond acceptors (Lipinski definition) is 5. The van der Waals surface area contributed by atoms with Gasteiger partial charge in [-0.25, -0.2) is 13.4 Å². The van der Waals surface area contributed by atoms with E-state index in [1.54, 1.807) is 20.8 Å². The van der Waals surface area contributed by atoms with Crippen molar-refractivity contribution in [2.75, 3.05) is 6.61 Å². The molecule has 1 aromatic rings. The van der Waals surface area contributed by atoms with Gasteiger partial charge in [-0.3, -0.25) is 4.79 Å². The zero-order chi connectivity index (χ0) is 16.0. The third-order valence-corrected chi connectivity index (χ3v) is 4.50. The Hall–Kier alpha value is -1.67. The van der Waals surface area contributed by atoms with Crippen LogP contribution in [0, 0.1) is 5.92 Å². The third kappa shape index (κ3) is 4.68. The molecule has 7 nitrogen and oxygen atoms in total. The average Bonchev–Trinajstić information content (AvgIpc) is 2.44. The minimum absolute atomic E-state index is 0.0968. The first kappa shape index (κ1) is 17.4. The fourth-order valence-corrected chi connectivity index (χ4v) is 2.88. The lowest BCUT2D eigenvalue weighted by molar-refractivity contribution is -0.140. The number of nitrogens with zero attached hydrogens (tertiary/aromatic N) is 1. The van der Waals surface area contributed by atoms with E-state index in [-0.39, 0.29) is 10.8 Å². The lowest BCUT2D eigenvalue weighted by Gasteiger charge is -2.20. The summed E-state index contributed by atoms with van der Waals surface area (Å²) in [4.78, 5) is 15.0. The first-order valence-corrected chi connectivity index (χ1v) is 8.14. The summed E-state index contributed by atoms with van der Waals surface area (Å²) in [6.45, 7) is 5.69. The molecular formula is C13H20N2O5S. The van der Waals surface area contributed by atoms with E-state index in [4.69, 9.17) is 9.84 Å². The molecule has 0 fully saturated rings. The van der Waals surface area contributed by atoms with E-state index < -0.39 is 22.0 Å². The Morgan fingerprint density at radius 3 is 2.52 bits per heavy atom. The van der Waals surface area contributed by atoms with E-state index in [0.29, 0.717) is 18.9 Å². The van der Waals surface area contributed by atoms with Crippen LogP contribution in [-0.2, 0) is 14.8 Å². The van der Waals surface area contributed by atoms with Crippen molar-refractivity contribution in [3.8, 4) is 5.88 Å². The lowest BCUT2D eigenvalue weighted by atomic mass is 10.0. The topological polar surface area (TPSA) is 106 Å². The van der Waals surface area contributed by atoms with Crippen LogP contribution in [0.3, 0.4) is 0 Å². The van der Waals surface area contributed by atoms with Crippen LogP contribution in [0.5, 0.6) is 5.88 Å². The number of aromatic nitrogens is 1. The molecule has 0 bridgehead atoms. The van der Waals surface area contributed by atoms with Gasteiger partial charge in [-0.15, -0.1) is 0 Å². The second-order valence-corrected chi connectivity index (χ2v) is 6.30. The molecule has 0 aliphatic rings. The quantitative estimate of drug-likeness (QED) is 0.748. The fourth-order valence-electron chi connectivity index (χ4n) is 1.64. The van der Waals surface area contributed by atoms with Gasteiger partial charge in [-0.2, -0.15) is 4.72 Å². The van der Waals surface area contributed by atoms with Gasteiger partial charge in [-0.05, 0) is 18.9 Å². The SMILES string of the molecule is CCOc1ccc(S(=O)(=O)N[C@H](C(=O)O)[C@@H](C)CC)cn1. The molecule has 0 unspecified atom stereocenters. The summed E-state index contributed by atoms with van der Waals surface area (Å²) in [6.07, 6.45) is 1.68. The maximum Gasteiger partial charge on any atom is 0.322 e. The van der Waals surface area contributed by atoms with Crippen LogP contribution in [0.2, 0.25) is 0 Å². The van der Waals surface area contributed by atoms with Crippen LogP contribution in [0.25, 0.3) is 0 Å². The van der Waals surface area contributed by atoms with Crippen LogP contribution in [0.4, 0.5) is 0 Å². The Morgan fingerprint density at radius 2 is 2.10 bits per heavy atom. The molecule has 8 heteroatoms. The van der Waals surface area contributed by atoms with Crippen LogP contribution in [0.15, 0.2) is 23.2 Å². The van der Waals surface area contributed by atoms with Crippen molar-refractivity contribution in [1.82, 2.24) is 9.71 Å². The van der Waals surface area contributed by atoms with Gasteiger partial charge < -0.3 is 9.84 Å². The first-order chi connectivity index (χ1) is 9.81. The van der Waals surface area contributed by atoms with E-state index >= 15 is 0 Å². The standard InChI is InChI=1S/C13H20N2O5S/c1-4-9(3)12(13(16)17)15-21(18,19)10-6-7-11(14-8-10)20-5-2/h6-9,12,15H,4-5H2,1-3H3,(H,16,17)/t9-,12-/m0/s1. The molecule has 0 aliphatic carbocycles. The molecule has 0 radical (unpaired) electrons. The zero-order valence-electron chi connectivity index (χ0n) is 12.2. The number of pyridine rings is 1. The summed E-state index contributed by atoms with van der Waals surface area (Å²) < 4.78 is 31.7. The minimum Gasteiger partial charge on any atom is -0.480 e. The number of carboxylic acid groups (broad SMARTS) is 1. The van der Waals surface area contributed by atoms with Gasteiger partial charge in [0.05, 0.1) is 12.8 Å². The Kier molecular flexibility index (Phi) is 6.10. The maximum absolute atomic E-state index is 12.2. The highest BCUT2D eigenvalue weighted by Gasteiger charge is 2.29. The molecule has 118 valence electrons. The molecule has 0 saturated carbocycles. The summed E-state index contributed by atoms with van der Waals surface area (Å²) in [7, 11) is -3.94. The second-order valence-electron chi connectivity index (χ2n) is 4.59. The number of hydrogen-bond donors (Lipinski definition) is 2. The van der Waals surface area contributed by atoms with Crippen LogP contribution in [-0.4, -0.2) is 37.1 Å². The van der Waals surface area contributed by atoms with Crippen molar-refractivity contribution in [2.24, 2.45) is 5.92 Å². The van der Waals surface area contributed by atoms with Gasteiger partial charge in [0.1, 0.15) is 10.9 Å². The maximum atomic E-state index is 12.2. The van der Waals surface area contributed by atoms with E-state index in [9.17, 15) is 13.2 Å². The van der Waals surface area contributed by atoms with Gasteiger partial charge in [-0.1, -0.05) is 20.3 Å². The smallest absolute Gasteiger partial charge is 0.322 e. The molecule has 1 rings (SSSR count). The van der Waals surface area contributed by atoms with Gasteiger partial charge in [0.2, 0.25) is 15.9 Å². The van der Waals surface area contributed by atoms with Crippen LogP contribution >= 0.6 is 0 Å². The summed E-state index contributed by atoms with van der Waals surface area (Å²) >= 11 is 0. The largest absolute Gasteiger partial charge is 0.480 e. The predicted octanol–water partition coefficient (Wildman–Crippen LogP) is 1.26. The Balaban J connectivity index is 2.96. The van der Waals surface area contributed by atoms with Crippen LogP contribution < -0.4 is 9.46 Å². The third-order valence-electron chi connectivity index (χ3n) is 3.07. The van der Waals surface area contributed by atoms with Crippen molar-refractivity contribution in [2.45, 2.75) is 38.1 Å². The van der Waals surface area contributed by atoms with E-state index in [2.05, 4.69) is 9.71 Å². The van der Waals surface area contributed by atoms with Crippen molar-refractivity contribution < 1.29 is 23.1 Å². The fraction of sp³-hybridized carbons (Fsp3) is 0.538. The zero-order valence-corrected chi connectivity index (χ0v) is 13.1. The van der Waals surface area contributed by atoms with Gasteiger partial charge in [0, 0.05) is 6.07 Å². The van der Waals surface area contributed by atoms with Gasteiger partial charge in [0.25, 0.3) is 0 Å². The summed E-state index contributed by atoms with van der Waals surface area (Å²) in [5.41, 5.74) is 0. The number of sulfonamides is 1. The van der Waals surface area contributed by atoms with Crippen LogP contribution in [0.1, 0.15) is 27.2 Å².